The molecular formula is C18H26O8. The average molecular weight is 370 g/mol. The summed E-state index contributed by atoms with van der Waals surface area (Å²) in [5.74, 6) is -4.64. The highest BCUT2D eigenvalue weighted by molar-refractivity contribution is 5.86. The molecule has 8 heteroatoms. The van der Waals surface area contributed by atoms with Crippen molar-refractivity contribution in [2.24, 2.45) is 0 Å². The molecule has 0 unspecified atom stereocenters. The molecule has 0 radical (unpaired) electrons. The lowest BCUT2D eigenvalue weighted by Crippen LogP contribution is -2.68. The number of carbonyl (C=O) groups is 2. The van der Waals surface area contributed by atoms with Crippen LogP contribution < -0.4 is 0 Å². The van der Waals surface area contributed by atoms with Gasteiger partial charge in [-0.3, -0.25) is 0 Å². The van der Waals surface area contributed by atoms with Gasteiger partial charge in [-0.05, 0) is 19.4 Å². The maximum absolute atomic E-state index is 12.5. The largest absolute Gasteiger partial charge is 0.459 e. The lowest BCUT2D eigenvalue weighted by atomic mass is 10.0. The van der Waals surface area contributed by atoms with Crippen molar-refractivity contribution in [1.82, 2.24) is 0 Å². The van der Waals surface area contributed by atoms with Gasteiger partial charge in [-0.25, -0.2) is 9.59 Å². The first-order valence-electron chi connectivity index (χ1n) is 7.88. The highest BCUT2D eigenvalue weighted by Crippen LogP contribution is 2.39. The van der Waals surface area contributed by atoms with Gasteiger partial charge in [0.25, 0.3) is 0 Å². The molecular weight excluding hydrogens is 344 g/mol. The zero-order valence-electron chi connectivity index (χ0n) is 15.6. The van der Waals surface area contributed by atoms with Crippen LogP contribution in [0.15, 0.2) is 37.5 Å². The molecule has 0 aliphatic carbocycles. The second kappa shape index (κ2) is 9.09. The maximum Gasteiger partial charge on any atom is 0.339 e. The molecule has 0 spiro atoms. The van der Waals surface area contributed by atoms with Gasteiger partial charge in [0.2, 0.25) is 11.6 Å². The van der Waals surface area contributed by atoms with Crippen LogP contribution in [0.3, 0.4) is 0 Å². The molecule has 1 saturated heterocycles. The van der Waals surface area contributed by atoms with E-state index in [9.17, 15) is 9.59 Å². The SMILES string of the molecule is C=CCOC(=O)[C@@H]1O[C@@](C)(OC)[C@](C)(OC)O[C@H]1C(=O)OCC(=C)C=C. The highest BCUT2D eigenvalue weighted by Gasteiger charge is 2.60. The second-order valence-electron chi connectivity index (χ2n) is 5.77. The molecule has 0 N–H and O–H groups in total. The Kier molecular flexibility index (Phi) is 7.70. The first kappa shape index (κ1) is 22.0. The number of carbonyl (C=O) groups excluding carboxylic acids is 2. The molecule has 4 atom stereocenters. The number of hydrogen-bond acceptors (Lipinski definition) is 8. The highest BCUT2D eigenvalue weighted by atomic mass is 16.8. The topological polar surface area (TPSA) is 89.5 Å². The Bertz CT molecular complexity index is 572. The number of esters is 2. The quantitative estimate of drug-likeness (QED) is 0.343. The van der Waals surface area contributed by atoms with Crippen molar-refractivity contribution < 1.29 is 38.0 Å². The van der Waals surface area contributed by atoms with Crippen molar-refractivity contribution in [2.75, 3.05) is 27.4 Å². The third-order valence-electron chi connectivity index (χ3n) is 4.08. The molecule has 26 heavy (non-hydrogen) atoms. The molecule has 8 nitrogen and oxygen atoms in total. The Balaban J connectivity index is 3.12. The van der Waals surface area contributed by atoms with E-state index in [1.54, 1.807) is 0 Å². The smallest absolute Gasteiger partial charge is 0.339 e. The fourth-order valence-electron chi connectivity index (χ4n) is 2.16. The van der Waals surface area contributed by atoms with Gasteiger partial charge in [0.15, 0.2) is 12.2 Å². The van der Waals surface area contributed by atoms with Crippen LogP contribution >= 0.6 is 0 Å². The van der Waals surface area contributed by atoms with E-state index in [4.69, 9.17) is 28.4 Å². The summed E-state index contributed by atoms with van der Waals surface area (Å²) in [5.41, 5.74) is 0.483. The fourth-order valence-corrected chi connectivity index (χ4v) is 2.16. The molecule has 1 fully saturated rings. The lowest BCUT2D eigenvalue weighted by molar-refractivity contribution is -0.439. The average Bonchev–Trinajstić information content (AvgIpc) is 2.65. The first-order valence-corrected chi connectivity index (χ1v) is 7.88. The van der Waals surface area contributed by atoms with Crippen LogP contribution in [0.4, 0.5) is 0 Å². The summed E-state index contributed by atoms with van der Waals surface area (Å²) < 4.78 is 32.3. The van der Waals surface area contributed by atoms with Crippen LogP contribution in [0.1, 0.15) is 13.8 Å². The molecule has 0 aromatic heterocycles. The third kappa shape index (κ3) is 4.59. The molecule has 1 rings (SSSR count). The summed E-state index contributed by atoms with van der Waals surface area (Å²) in [6, 6.07) is 0. The number of hydrogen-bond donors (Lipinski definition) is 0. The normalized spacial score (nSPS) is 30.9. The molecule has 0 amide bonds. The minimum Gasteiger partial charge on any atom is -0.459 e. The van der Waals surface area contributed by atoms with Crippen LogP contribution in [0.25, 0.3) is 0 Å². The van der Waals surface area contributed by atoms with Crippen LogP contribution in [0.2, 0.25) is 0 Å². The van der Waals surface area contributed by atoms with Gasteiger partial charge >= 0.3 is 11.9 Å². The van der Waals surface area contributed by atoms with Gasteiger partial charge in [0.05, 0.1) is 0 Å². The van der Waals surface area contributed by atoms with Crippen LogP contribution in [0.5, 0.6) is 0 Å². The van der Waals surface area contributed by atoms with Gasteiger partial charge in [-0.1, -0.05) is 31.9 Å². The van der Waals surface area contributed by atoms with E-state index < -0.39 is 35.7 Å². The predicted octanol–water partition coefficient (Wildman–Crippen LogP) is 1.51. The molecule has 0 aromatic carbocycles. The Hall–Kier alpha value is -2.00. The van der Waals surface area contributed by atoms with E-state index in [-0.39, 0.29) is 13.2 Å². The van der Waals surface area contributed by atoms with Crippen molar-refractivity contribution in [3.63, 3.8) is 0 Å². The number of ether oxygens (including phenoxy) is 6. The minimum atomic E-state index is -1.49. The van der Waals surface area contributed by atoms with E-state index in [1.165, 1.54) is 40.2 Å². The van der Waals surface area contributed by atoms with E-state index >= 15 is 0 Å². The minimum absolute atomic E-state index is 0.0566. The third-order valence-corrected chi connectivity index (χ3v) is 4.08. The first-order chi connectivity index (χ1) is 12.2. The van der Waals surface area contributed by atoms with Gasteiger partial charge in [-0.2, -0.15) is 0 Å². The Labute approximate surface area is 153 Å². The Morgan fingerprint density at radius 3 is 1.85 bits per heavy atom. The van der Waals surface area contributed by atoms with Crippen LogP contribution in [-0.4, -0.2) is 63.2 Å². The van der Waals surface area contributed by atoms with Gasteiger partial charge in [0, 0.05) is 14.2 Å². The molecule has 1 heterocycles. The van der Waals surface area contributed by atoms with Crippen molar-refractivity contribution in [2.45, 2.75) is 37.6 Å². The van der Waals surface area contributed by atoms with Crippen molar-refractivity contribution in [3.05, 3.63) is 37.5 Å². The van der Waals surface area contributed by atoms with E-state index in [2.05, 4.69) is 19.7 Å². The Morgan fingerprint density at radius 1 is 1.00 bits per heavy atom. The van der Waals surface area contributed by atoms with Crippen LogP contribution in [-0.2, 0) is 38.0 Å². The number of rotatable bonds is 9. The Morgan fingerprint density at radius 2 is 1.46 bits per heavy atom. The zero-order chi connectivity index (χ0) is 20.0. The summed E-state index contributed by atoms with van der Waals surface area (Å²) in [6.07, 6.45) is -0.0221. The van der Waals surface area contributed by atoms with Crippen molar-refractivity contribution >= 4 is 11.9 Å². The van der Waals surface area contributed by atoms with Gasteiger partial charge in [0.1, 0.15) is 13.2 Å². The summed E-state index contributed by atoms with van der Waals surface area (Å²) in [4.78, 5) is 24.8. The van der Waals surface area contributed by atoms with Crippen LogP contribution in [0, 0.1) is 0 Å². The lowest BCUT2D eigenvalue weighted by Gasteiger charge is -2.50. The predicted molar refractivity (Wildman–Crippen MR) is 92.0 cm³/mol. The van der Waals surface area contributed by atoms with Crippen molar-refractivity contribution in [1.29, 1.82) is 0 Å². The summed E-state index contributed by atoms with van der Waals surface area (Å²) >= 11 is 0. The van der Waals surface area contributed by atoms with Gasteiger partial charge < -0.3 is 28.4 Å². The summed E-state index contributed by atoms with van der Waals surface area (Å²) in [5, 5.41) is 0. The zero-order valence-corrected chi connectivity index (χ0v) is 15.6. The molecule has 146 valence electrons. The van der Waals surface area contributed by atoms with Crippen molar-refractivity contribution in [3.8, 4) is 0 Å². The molecule has 0 bridgehead atoms. The summed E-state index contributed by atoms with van der Waals surface area (Å²) in [7, 11) is 2.72. The van der Waals surface area contributed by atoms with E-state index in [0.29, 0.717) is 5.57 Å². The van der Waals surface area contributed by atoms with E-state index in [0.717, 1.165) is 0 Å². The molecule has 1 aliphatic rings. The molecule has 0 aromatic rings. The molecule has 0 saturated carbocycles. The van der Waals surface area contributed by atoms with E-state index in [1.807, 2.05) is 0 Å². The summed E-state index contributed by atoms with van der Waals surface area (Å²) in [6.45, 7) is 13.5. The standard InChI is InChI=1S/C18H26O8/c1-8-10-23-15(19)13-14(16(20)24-11-12(3)9-2)26-18(5,22-7)17(4,21-6)25-13/h8-9,13-14H,1-3,10-11H2,4-7H3/t13-,14-,17-,18-/m1/s1. The monoisotopic (exact) mass is 370 g/mol. The maximum atomic E-state index is 12.5. The fraction of sp³-hybridized carbons (Fsp3) is 0.556. The molecule has 1 aliphatic heterocycles. The van der Waals surface area contributed by atoms with Gasteiger partial charge in [-0.15, -0.1) is 0 Å². The second-order valence-corrected chi connectivity index (χ2v) is 5.77. The number of methoxy groups -OCH3 is 2.